The van der Waals surface area contributed by atoms with Gasteiger partial charge in [-0.2, -0.15) is 0 Å². The molecule has 0 aliphatic heterocycles. The summed E-state index contributed by atoms with van der Waals surface area (Å²) in [5.41, 5.74) is -0.674. The molecule has 1 unspecified atom stereocenters. The lowest BCUT2D eigenvalue weighted by Crippen LogP contribution is -2.36. The van der Waals surface area contributed by atoms with E-state index in [1.54, 1.807) is 21.0 Å². The molecule has 0 radical (unpaired) electrons. The van der Waals surface area contributed by atoms with Crippen LogP contribution >= 0.6 is 0 Å². The van der Waals surface area contributed by atoms with Crippen LogP contribution in [0.4, 0.5) is 0 Å². The molecule has 0 aromatic carbocycles. The highest BCUT2D eigenvalue weighted by molar-refractivity contribution is 5.74. The Hall–Kier alpha value is -0.570. The van der Waals surface area contributed by atoms with Crippen LogP contribution in [0.1, 0.15) is 34.1 Å². The number of carbonyl (C=O) groups is 1. The van der Waals surface area contributed by atoms with Gasteiger partial charge in [-0.25, -0.2) is 0 Å². The molecule has 1 N–H and O–H groups in total. The Morgan fingerprint density at radius 3 is 2.21 bits per heavy atom. The Morgan fingerprint density at radius 1 is 1.43 bits per heavy atom. The molecule has 3 nitrogen and oxygen atoms in total. The molecule has 0 aromatic heterocycles. The number of carboxylic acid groups (broad SMARTS) is 1. The monoisotopic (exact) mass is 202 g/mol. The van der Waals surface area contributed by atoms with E-state index in [-0.39, 0.29) is 5.92 Å². The molecular formula is C11H22O3. The highest BCUT2D eigenvalue weighted by Gasteiger charge is 2.37. The minimum absolute atomic E-state index is 0.153. The van der Waals surface area contributed by atoms with Crippen molar-refractivity contribution in [3.63, 3.8) is 0 Å². The van der Waals surface area contributed by atoms with Gasteiger partial charge in [0.15, 0.2) is 0 Å². The number of ether oxygens (including phenoxy) is 1. The normalized spacial score (nSPS) is 14.4. The second-order valence-electron chi connectivity index (χ2n) is 4.66. The zero-order valence-electron chi connectivity index (χ0n) is 9.83. The summed E-state index contributed by atoms with van der Waals surface area (Å²) in [6.07, 6.45) is 0.799. The van der Waals surface area contributed by atoms with E-state index in [0.29, 0.717) is 12.5 Å². The van der Waals surface area contributed by atoms with Crippen LogP contribution in [0.3, 0.4) is 0 Å². The summed E-state index contributed by atoms with van der Waals surface area (Å²) in [5, 5.41) is 9.12. The van der Waals surface area contributed by atoms with Crippen molar-refractivity contribution in [2.75, 3.05) is 13.7 Å². The first kappa shape index (κ1) is 13.4. The van der Waals surface area contributed by atoms with Crippen LogP contribution in [-0.2, 0) is 9.53 Å². The van der Waals surface area contributed by atoms with Crippen LogP contribution in [0, 0.1) is 17.3 Å². The van der Waals surface area contributed by atoms with Gasteiger partial charge in [0.1, 0.15) is 0 Å². The van der Waals surface area contributed by atoms with Crippen molar-refractivity contribution in [3.05, 3.63) is 0 Å². The van der Waals surface area contributed by atoms with Gasteiger partial charge in [-0.15, -0.1) is 0 Å². The molecule has 0 aromatic rings. The summed E-state index contributed by atoms with van der Waals surface area (Å²) in [6, 6.07) is 0. The predicted octanol–water partition coefficient (Wildman–Crippen LogP) is 2.41. The van der Waals surface area contributed by atoms with Gasteiger partial charge in [0.2, 0.25) is 0 Å². The van der Waals surface area contributed by atoms with E-state index in [2.05, 4.69) is 13.8 Å². The van der Waals surface area contributed by atoms with Gasteiger partial charge < -0.3 is 9.84 Å². The van der Waals surface area contributed by atoms with Crippen LogP contribution < -0.4 is 0 Å². The average Bonchev–Trinajstić information content (AvgIpc) is 2.03. The second kappa shape index (κ2) is 5.35. The van der Waals surface area contributed by atoms with Gasteiger partial charge in [0, 0.05) is 13.7 Å². The quantitative estimate of drug-likeness (QED) is 0.719. The third-order valence-electron chi connectivity index (χ3n) is 2.92. The summed E-state index contributed by atoms with van der Waals surface area (Å²) in [4.78, 5) is 11.1. The molecule has 84 valence electrons. The lowest BCUT2D eigenvalue weighted by molar-refractivity contribution is -0.151. The molecule has 14 heavy (non-hydrogen) atoms. The second-order valence-corrected chi connectivity index (χ2v) is 4.66. The zero-order valence-corrected chi connectivity index (χ0v) is 9.83. The Balaban J connectivity index is 4.55. The molecule has 0 fully saturated rings. The van der Waals surface area contributed by atoms with Gasteiger partial charge >= 0.3 is 5.97 Å². The average molecular weight is 202 g/mol. The molecule has 0 spiro atoms. The van der Waals surface area contributed by atoms with Crippen molar-refractivity contribution in [3.8, 4) is 0 Å². The zero-order chi connectivity index (χ0) is 11.4. The van der Waals surface area contributed by atoms with E-state index in [1.165, 1.54) is 0 Å². The molecule has 0 amide bonds. The van der Waals surface area contributed by atoms with Crippen molar-refractivity contribution in [2.45, 2.75) is 34.1 Å². The fourth-order valence-corrected chi connectivity index (χ4v) is 1.93. The van der Waals surface area contributed by atoms with Crippen LogP contribution in [-0.4, -0.2) is 24.8 Å². The standard InChI is InChI=1S/C11H22O3/c1-8(2)9(6-7-14-5)11(3,4)10(12)13/h8-9H,6-7H2,1-5H3,(H,12,13). The molecule has 0 bridgehead atoms. The van der Waals surface area contributed by atoms with Gasteiger partial charge in [-0.05, 0) is 32.1 Å². The molecule has 0 saturated carbocycles. The third kappa shape index (κ3) is 3.29. The van der Waals surface area contributed by atoms with Crippen molar-refractivity contribution in [1.82, 2.24) is 0 Å². The van der Waals surface area contributed by atoms with Crippen molar-refractivity contribution >= 4 is 5.97 Å². The fourth-order valence-electron chi connectivity index (χ4n) is 1.93. The first-order valence-corrected chi connectivity index (χ1v) is 5.06. The summed E-state index contributed by atoms with van der Waals surface area (Å²) in [6.45, 7) is 8.32. The lowest BCUT2D eigenvalue weighted by Gasteiger charge is -2.33. The highest BCUT2D eigenvalue weighted by atomic mass is 16.5. The van der Waals surface area contributed by atoms with Gasteiger partial charge in [-0.1, -0.05) is 13.8 Å². The molecule has 0 rings (SSSR count). The van der Waals surface area contributed by atoms with Crippen molar-refractivity contribution in [2.24, 2.45) is 17.3 Å². The number of rotatable bonds is 6. The Kier molecular flexibility index (Phi) is 5.13. The van der Waals surface area contributed by atoms with Gasteiger partial charge in [-0.3, -0.25) is 4.79 Å². The summed E-state index contributed by atoms with van der Waals surface area (Å²) in [7, 11) is 1.64. The van der Waals surface area contributed by atoms with Crippen LogP contribution in [0.15, 0.2) is 0 Å². The lowest BCUT2D eigenvalue weighted by atomic mass is 9.71. The number of carboxylic acids is 1. The molecule has 1 atom stereocenters. The Bertz CT molecular complexity index is 185. The van der Waals surface area contributed by atoms with E-state index in [9.17, 15) is 4.79 Å². The van der Waals surface area contributed by atoms with Crippen LogP contribution in [0.2, 0.25) is 0 Å². The molecular weight excluding hydrogens is 180 g/mol. The van der Waals surface area contributed by atoms with Crippen molar-refractivity contribution < 1.29 is 14.6 Å². The molecule has 0 heterocycles. The Labute approximate surface area is 86.5 Å². The minimum Gasteiger partial charge on any atom is -0.481 e. The maximum absolute atomic E-state index is 11.1. The number of methoxy groups -OCH3 is 1. The first-order chi connectivity index (χ1) is 6.34. The maximum atomic E-state index is 11.1. The number of aliphatic carboxylic acids is 1. The van der Waals surface area contributed by atoms with Crippen LogP contribution in [0.25, 0.3) is 0 Å². The highest BCUT2D eigenvalue weighted by Crippen LogP contribution is 2.35. The summed E-state index contributed by atoms with van der Waals surface area (Å²) < 4.78 is 5.00. The molecule has 0 aliphatic rings. The van der Waals surface area contributed by atoms with E-state index in [0.717, 1.165) is 6.42 Å². The minimum atomic E-state index is -0.729. The Morgan fingerprint density at radius 2 is 1.93 bits per heavy atom. The molecule has 0 saturated heterocycles. The van der Waals surface area contributed by atoms with E-state index < -0.39 is 11.4 Å². The summed E-state index contributed by atoms with van der Waals surface area (Å²) >= 11 is 0. The number of hydrogen-bond donors (Lipinski definition) is 1. The topological polar surface area (TPSA) is 46.5 Å². The van der Waals surface area contributed by atoms with Crippen molar-refractivity contribution in [1.29, 1.82) is 0 Å². The van der Waals surface area contributed by atoms with E-state index in [4.69, 9.17) is 9.84 Å². The first-order valence-electron chi connectivity index (χ1n) is 5.06. The smallest absolute Gasteiger partial charge is 0.309 e. The fraction of sp³-hybridized carbons (Fsp3) is 0.909. The largest absolute Gasteiger partial charge is 0.481 e. The SMILES string of the molecule is COCCC(C(C)C)C(C)(C)C(=O)O. The number of hydrogen-bond acceptors (Lipinski definition) is 2. The van der Waals surface area contributed by atoms with Gasteiger partial charge in [0.25, 0.3) is 0 Å². The summed E-state index contributed by atoms with van der Waals surface area (Å²) in [5.74, 6) is -0.219. The van der Waals surface area contributed by atoms with E-state index in [1.807, 2.05) is 0 Å². The predicted molar refractivity (Wildman–Crippen MR) is 56.2 cm³/mol. The third-order valence-corrected chi connectivity index (χ3v) is 2.92. The van der Waals surface area contributed by atoms with Crippen LogP contribution in [0.5, 0.6) is 0 Å². The van der Waals surface area contributed by atoms with Gasteiger partial charge in [0.05, 0.1) is 5.41 Å². The molecule has 0 aliphatic carbocycles. The molecule has 3 heteroatoms. The van der Waals surface area contributed by atoms with E-state index >= 15 is 0 Å². The maximum Gasteiger partial charge on any atom is 0.309 e.